The van der Waals surface area contributed by atoms with E-state index < -0.39 is 17.8 Å². The standard InChI is InChI=1S/C24H20IN3O5/c1-2-32-18-13-9-17(10-14-18)27-22(29)23(30)28-26-15-16-7-11-19(12-8-16)33-24(31)20-5-3-4-6-21(20)25/h3-15H,2H2,1H3,(H,27,29)(H,28,30)/b26-15+. The highest BCUT2D eigenvalue weighted by Gasteiger charge is 2.13. The van der Waals surface area contributed by atoms with Crippen LogP contribution in [0.5, 0.6) is 11.5 Å². The van der Waals surface area contributed by atoms with Gasteiger partial charge in [0, 0.05) is 9.26 Å². The molecular weight excluding hydrogens is 537 g/mol. The van der Waals surface area contributed by atoms with Crippen LogP contribution in [0.15, 0.2) is 77.9 Å². The van der Waals surface area contributed by atoms with Crippen molar-refractivity contribution < 1.29 is 23.9 Å². The van der Waals surface area contributed by atoms with Crippen LogP contribution in [0.2, 0.25) is 0 Å². The molecule has 8 nitrogen and oxygen atoms in total. The lowest BCUT2D eigenvalue weighted by atomic mass is 10.2. The van der Waals surface area contributed by atoms with Crippen molar-refractivity contribution in [3.05, 3.63) is 87.5 Å². The van der Waals surface area contributed by atoms with Crippen LogP contribution in [0, 0.1) is 3.57 Å². The Hall–Kier alpha value is -3.73. The van der Waals surface area contributed by atoms with E-state index in [1.54, 1.807) is 60.7 Å². The third-order valence-electron chi connectivity index (χ3n) is 4.19. The lowest BCUT2D eigenvalue weighted by Crippen LogP contribution is -2.32. The molecule has 0 spiro atoms. The molecule has 3 aromatic carbocycles. The SMILES string of the molecule is CCOc1ccc(NC(=O)C(=O)N/N=C/c2ccc(OC(=O)c3ccccc3I)cc2)cc1. The van der Waals surface area contributed by atoms with E-state index in [0.717, 1.165) is 3.57 Å². The number of carbonyl (C=O) groups is 3. The smallest absolute Gasteiger partial charge is 0.344 e. The quantitative estimate of drug-likeness (QED) is 0.114. The Morgan fingerprint density at radius 3 is 2.24 bits per heavy atom. The van der Waals surface area contributed by atoms with E-state index in [0.29, 0.717) is 34.9 Å². The molecule has 0 heterocycles. The predicted octanol–water partition coefficient (Wildman–Crippen LogP) is 4.00. The normalized spacial score (nSPS) is 10.5. The Morgan fingerprint density at radius 2 is 1.58 bits per heavy atom. The second-order valence-corrected chi connectivity index (χ2v) is 7.71. The average molecular weight is 557 g/mol. The number of anilines is 1. The minimum absolute atomic E-state index is 0.371. The first-order chi connectivity index (χ1) is 16.0. The first-order valence-electron chi connectivity index (χ1n) is 9.90. The zero-order valence-corrected chi connectivity index (χ0v) is 19.7. The highest BCUT2D eigenvalue weighted by Crippen LogP contribution is 2.17. The molecule has 2 N–H and O–H groups in total. The Kier molecular flexibility index (Phi) is 8.53. The molecule has 33 heavy (non-hydrogen) atoms. The van der Waals surface area contributed by atoms with Gasteiger partial charge >= 0.3 is 17.8 Å². The van der Waals surface area contributed by atoms with Crippen molar-refractivity contribution in [2.45, 2.75) is 6.92 Å². The maximum atomic E-state index is 12.3. The highest BCUT2D eigenvalue weighted by molar-refractivity contribution is 14.1. The van der Waals surface area contributed by atoms with E-state index in [2.05, 4.69) is 38.4 Å². The molecule has 0 saturated heterocycles. The molecule has 0 aliphatic rings. The largest absolute Gasteiger partial charge is 0.494 e. The first-order valence-corrected chi connectivity index (χ1v) is 11.0. The summed E-state index contributed by atoms with van der Waals surface area (Å²) in [5.41, 5.74) is 3.74. The van der Waals surface area contributed by atoms with Crippen LogP contribution in [0.3, 0.4) is 0 Å². The third kappa shape index (κ3) is 7.14. The molecule has 0 aromatic heterocycles. The summed E-state index contributed by atoms with van der Waals surface area (Å²) in [6.07, 6.45) is 1.37. The average Bonchev–Trinajstić information content (AvgIpc) is 2.81. The van der Waals surface area contributed by atoms with Gasteiger partial charge in [-0.2, -0.15) is 5.10 Å². The van der Waals surface area contributed by atoms with Gasteiger partial charge in [0.05, 0.1) is 18.4 Å². The van der Waals surface area contributed by atoms with Gasteiger partial charge in [0.1, 0.15) is 11.5 Å². The zero-order chi connectivity index (χ0) is 23.6. The van der Waals surface area contributed by atoms with Gasteiger partial charge in [-0.15, -0.1) is 0 Å². The Balaban J connectivity index is 1.49. The summed E-state index contributed by atoms with van der Waals surface area (Å²) in [4.78, 5) is 36.2. The fourth-order valence-electron chi connectivity index (χ4n) is 2.62. The third-order valence-corrected chi connectivity index (χ3v) is 5.13. The number of nitrogens with zero attached hydrogens (tertiary/aromatic N) is 1. The molecule has 0 aliphatic carbocycles. The number of esters is 1. The van der Waals surface area contributed by atoms with Gasteiger partial charge in [0.25, 0.3) is 0 Å². The number of nitrogens with one attached hydrogen (secondary N) is 2. The molecule has 0 radical (unpaired) electrons. The minimum Gasteiger partial charge on any atom is -0.494 e. The number of hydrazone groups is 1. The van der Waals surface area contributed by atoms with Gasteiger partial charge in [-0.1, -0.05) is 12.1 Å². The van der Waals surface area contributed by atoms with Crippen LogP contribution in [0.1, 0.15) is 22.8 Å². The van der Waals surface area contributed by atoms with E-state index in [1.807, 2.05) is 19.1 Å². The summed E-state index contributed by atoms with van der Waals surface area (Å²) in [5, 5.41) is 6.25. The molecule has 3 aromatic rings. The second kappa shape index (κ2) is 11.8. The van der Waals surface area contributed by atoms with Crippen LogP contribution < -0.4 is 20.2 Å². The molecule has 0 aliphatic heterocycles. The Bertz CT molecular complexity index is 1160. The van der Waals surface area contributed by atoms with Crippen LogP contribution in [-0.4, -0.2) is 30.6 Å². The molecule has 2 amide bonds. The zero-order valence-electron chi connectivity index (χ0n) is 17.6. The number of rotatable bonds is 7. The Morgan fingerprint density at radius 1 is 0.909 bits per heavy atom. The monoisotopic (exact) mass is 557 g/mol. The molecule has 0 fully saturated rings. The van der Waals surface area contributed by atoms with Crippen LogP contribution >= 0.6 is 22.6 Å². The van der Waals surface area contributed by atoms with E-state index in [1.165, 1.54) is 6.21 Å². The van der Waals surface area contributed by atoms with Crippen molar-refractivity contribution in [1.82, 2.24) is 5.43 Å². The lowest BCUT2D eigenvalue weighted by Gasteiger charge is -2.06. The van der Waals surface area contributed by atoms with Gasteiger partial charge < -0.3 is 14.8 Å². The van der Waals surface area contributed by atoms with Crippen molar-refractivity contribution in [1.29, 1.82) is 0 Å². The molecule has 9 heteroatoms. The molecular formula is C24H20IN3O5. The predicted molar refractivity (Wildman–Crippen MR) is 133 cm³/mol. The highest BCUT2D eigenvalue weighted by atomic mass is 127. The summed E-state index contributed by atoms with van der Waals surface area (Å²) in [5.74, 6) is -1.18. The maximum Gasteiger partial charge on any atom is 0.344 e. The molecule has 0 bridgehead atoms. The van der Waals surface area contributed by atoms with Crippen molar-refractivity contribution >= 4 is 52.3 Å². The summed E-state index contributed by atoms with van der Waals surface area (Å²) in [6.45, 7) is 2.41. The molecule has 3 rings (SSSR count). The van der Waals surface area contributed by atoms with Crippen LogP contribution in [-0.2, 0) is 9.59 Å². The van der Waals surface area contributed by atoms with Crippen molar-refractivity contribution in [3.63, 3.8) is 0 Å². The summed E-state index contributed by atoms with van der Waals surface area (Å²) >= 11 is 2.07. The van der Waals surface area contributed by atoms with Gasteiger partial charge in [-0.3, -0.25) is 9.59 Å². The number of ether oxygens (including phenoxy) is 2. The molecule has 0 atom stereocenters. The summed E-state index contributed by atoms with van der Waals surface area (Å²) in [7, 11) is 0. The maximum absolute atomic E-state index is 12.3. The second-order valence-electron chi connectivity index (χ2n) is 6.55. The minimum atomic E-state index is -0.914. The number of hydrogen-bond acceptors (Lipinski definition) is 6. The van der Waals surface area contributed by atoms with Crippen molar-refractivity contribution in [2.75, 3.05) is 11.9 Å². The number of carbonyl (C=O) groups excluding carboxylic acids is 3. The first kappa shape index (κ1) is 23.9. The van der Waals surface area contributed by atoms with E-state index >= 15 is 0 Å². The van der Waals surface area contributed by atoms with Gasteiger partial charge in [-0.05, 0) is 95.7 Å². The number of benzene rings is 3. The topological polar surface area (TPSA) is 106 Å². The fraction of sp³-hybridized carbons (Fsp3) is 0.0833. The van der Waals surface area contributed by atoms with Crippen molar-refractivity contribution in [3.8, 4) is 11.5 Å². The fourth-order valence-corrected chi connectivity index (χ4v) is 3.22. The number of halogens is 1. The van der Waals surface area contributed by atoms with E-state index in [4.69, 9.17) is 9.47 Å². The lowest BCUT2D eigenvalue weighted by molar-refractivity contribution is -0.136. The molecule has 0 unspecified atom stereocenters. The van der Waals surface area contributed by atoms with Crippen molar-refractivity contribution in [2.24, 2.45) is 5.10 Å². The summed E-state index contributed by atoms with van der Waals surface area (Å²) < 4.78 is 11.5. The number of hydrogen-bond donors (Lipinski definition) is 2. The van der Waals surface area contributed by atoms with Gasteiger partial charge in [0.15, 0.2) is 0 Å². The Labute approximate surface area is 204 Å². The van der Waals surface area contributed by atoms with Crippen LogP contribution in [0.4, 0.5) is 5.69 Å². The molecule has 0 saturated carbocycles. The van der Waals surface area contributed by atoms with Gasteiger partial charge in [0.2, 0.25) is 0 Å². The number of amides is 2. The van der Waals surface area contributed by atoms with E-state index in [-0.39, 0.29) is 0 Å². The van der Waals surface area contributed by atoms with E-state index in [9.17, 15) is 14.4 Å². The molecule has 168 valence electrons. The van der Waals surface area contributed by atoms with Gasteiger partial charge in [-0.25, -0.2) is 10.2 Å². The van der Waals surface area contributed by atoms with Crippen LogP contribution in [0.25, 0.3) is 0 Å². The summed E-state index contributed by atoms with van der Waals surface area (Å²) in [6, 6.07) is 20.3.